The van der Waals surface area contributed by atoms with Crippen molar-refractivity contribution < 1.29 is 18.5 Å². The van der Waals surface area contributed by atoms with Gasteiger partial charge in [-0.1, -0.05) is 6.07 Å². The van der Waals surface area contributed by atoms with E-state index in [4.69, 9.17) is 0 Å². The standard InChI is InChI=1S/C18H17F2N3O3/c1-10(14-6-3-12(19)9-15(14)20)21-18(24)11-2-7-16(22-13-4-5-13)17(8-11)23(25)26/h2-3,6-10,13,22H,4-5H2,1H3,(H,21,24). The molecule has 6 nitrogen and oxygen atoms in total. The summed E-state index contributed by atoms with van der Waals surface area (Å²) in [5.41, 5.74) is 0.394. The molecule has 2 N–H and O–H groups in total. The van der Waals surface area contributed by atoms with Crippen LogP contribution in [0.4, 0.5) is 20.2 Å². The van der Waals surface area contributed by atoms with E-state index in [1.54, 1.807) is 6.92 Å². The van der Waals surface area contributed by atoms with Crippen molar-refractivity contribution in [2.24, 2.45) is 0 Å². The van der Waals surface area contributed by atoms with Gasteiger partial charge in [0.2, 0.25) is 0 Å². The molecule has 2 aromatic carbocycles. The number of hydrogen-bond acceptors (Lipinski definition) is 4. The summed E-state index contributed by atoms with van der Waals surface area (Å²) in [6.45, 7) is 1.55. The van der Waals surface area contributed by atoms with Crippen LogP contribution in [0.15, 0.2) is 36.4 Å². The maximum Gasteiger partial charge on any atom is 0.293 e. The maximum atomic E-state index is 13.8. The maximum absolute atomic E-state index is 13.8. The Morgan fingerprint density at radius 3 is 2.58 bits per heavy atom. The molecule has 1 fully saturated rings. The van der Waals surface area contributed by atoms with Gasteiger partial charge in [0.25, 0.3) is 11.6 Å². The molecule has 0 heterocycles. The van der Waals surface area contributed by atoms with Gasteiger partial charge in [-0.15, -0.1) is 0 Å². The highest BCUT2D eigenvalue weighted by Crippen LogP contribution is 2.31. The van der Waals surface area contributed by atoms with E-state index < -0.39 is 28.5 Å². The van der Waals surface area contributed by atoms with Crippen LogP contribution in [-0.2, 0) is 0 Å². The van der Waals surface area contributed by atoms with Gasteiger partial charge in [0.1, 0.15) is 17.3 Å². The first-order chi connectivity index (χ1) is 12.3. The van der Waals surface area contributed by atoms with Crippen molar-refractivity contribution in [3.63, 3.8) is 0 Å². The number of nitrogens with one attached hydrogen (secondary N) is 2. The summed E-state index contributed by atoms with van der Waals surface area (Å²) in [6.07, 6.45) is 1.92. The Bertz CT molecular complexity index is 869. The third-order valence-corrected chi connectivity index (χ3v) is 4.17. The predicted molar refractivity (Wildman–Crippen MR) is 92.0 cm³/mol. The van der Waals surface area contributed by atoms with E-state index in [-0.39, 0.29) is 22.9 Å². The van der Waals surface area contributed by atoms with Crippen molar-refractivity contribution in [3.05, 3.63) is 69.3 Å². The molecule has 8 heteroatoms. The third-order valence-electron chi connectivity index (χ3n) is 4.17. The fourth-order valence-corrected chi connectivity index (χ4v) is 2.60. The number of amides is 1. The van der Waals surface area contributed by atoms with Crippen molar-refractivity contribution in [1.29, 1.82) is 0 Å². The fraction of sp³-hybridized carbons (Fsp3) is 0.278. The van der Waals surface area contributed by atoms with Gasteiger partial charge in [0.05, 0.1) is 11.0 Å². The molecule has 26 heavy (non-hydrogen) atoms. The molecule has 1 aliphatic rings. The predicted octanol–water partition coefficient (Wildman–Crippen LogP) is 3.94. The van der Waals surface area contributed by atoms with Crippen molar-refractivity contribution in [3.8, 4) is 0 Å². The van der Waals surface area contributed by atoms with Gasteiger partial charge >= 0.3 is 0 Å². The van der Waals surface area contributed by atoms with Gasteiger partial charge in [0, 0.05) is 29.3 Å². The van der Waals surface area contributed by atoms with Crippen molar-refractivity contribution in [2.45, 2.75) is 31.8 Å². The average Bonchev–Trinajstić information content (AvgIpc) is 3.38. The number of carbonyl (C=O) groups excluding carboxylic acids is 1. The number of nitro groups is 1. The molecule has 0 aliphatic heterocycles. The Morgan fingerprint density at radius 2 is 1.96 bits per heavy atom. The first-order valence-electron chi connectivity index (χ1n) is 8.16. The second-order valence-electron chi connectivity index (χ2n) is 6.27. The number of halogens is 2. The molecule has 0 bridgehead atoms. The van der Waals surface area contributed by atoms with E-state index in [1.165, 1.54) is 24.3 Å². The minimum atomic E-state index is -0.771. The Kier molecular flexibility index (Phi) is 4.83. The van der Waals surface area contributed by atoms with Crippen LogP contribution in [0.3, 0.4) is 0 Å². The molecular weight excluding hydrogens is 344 g/mol. The van der Waals surface area contributed by atoms with E-state index >= 15 is 0 Å². The minimum absolute atomic E-state index is 0.0902. The van der Waals surface area contributed by atoms with Gasteiger partial charge in [-0.2, -0.15) is 0 Å². The largest absolute Gasteiger partial charge is 0.377 e. The quantitative estimate of drug-likeness (QED) is 0.603. The Balaban J connectivity index is 1.78. The number of nitrogens with zero attached hydrogens (tertiary/aromatic N) is 1. The average molecular weight is 361 g/mol. The van der Waals surface area contributed by atoms with Crippen molar-refractivity contribution in [1.82, 2.24) is 5.32 Å². The zero-order valence-corrected chi connectivity index (χ0v) is 14.0. The Morgan fingerprint density at radius 1 is 1.23 bits per heavy atom. The zero-order valence-electron chi connectivity index (χ0n) is 14.0. The topological polar surface area (TPSA) is 84.3 Å². The normalized spacial score (nSPS) is 14.6. The molecule has 2 aromatic rings. The summed E-state index contributed by atoms with van der Waals surface area (Å²) in [7, 11) is 0. The molecule has 0 spiro atoms. The first kappa shape index (κ1) is 17.8. The zero-order chi connectivity index (χ0) is 18.8. The third kappa shape index (κ3) is 3.96. The number of carbonyl (C=O) groups is 1. The van der Waals surface area contributed by atoms with Crippen LogP contribution < -0.4 is 10.6 Å². The van der Waals surface area contributed by atoms with Gasteiger partial charge in [-0.05, 0) is 38.0 Å². The molecule has 1 atom stereocenters. The molecule has 1 aliphatic carbocycles. The highest BCUT2D eigenvalue weighted by atomic mass is 19.1. The number of benzene rings is 2. The molecule has 0 radical (unpaired) electrons. The SMILES string of the molecule is CC(NC(=O)c1ccc(NC2CC2)c([N+](=O)[O-])c1)c1ccc(F)cc1F. The first-order valence-corrected chi connectivity index (χ1v) is 8.16. The van der Waals surface area contributed by atoms with Gasteiger partial charge in [0.15, 0.2) is 0 Å². The number of anilines is 1. The Labute approximate surface area is 148 Å². The van der Waals surface area contributed by atoms with Gasteiger partial charge in [-0.25, -0.2) is 8.78 Å². The molecular formula is C18H17F2N3O3. The molecule has 136 valence electrons. The monoisotopic (exact) mass is 361 g/mol. The lowest BCUT2D eigenvalue weighted by Crippen LogP contribution is -2.27. The molecule has 1 amide bonds. The highest BCUT2D eigenvalue weighted by Gasteiger charge is 2.26. The van der Waals surface area contributed by atoms with Crippen LogP contribution in [0.2, 0.25) is 0 Å². The lowest BCUT2D eigenvalue weighted by molar-refractivity contribution is -0.384. The van der Waals surface area contributed by atoms with E-state index in [1.807, 2.05) is 0 Å². The second kappa shape index (κ2) is 7.07. The Hall–Kier alpha value is -3.03. The minimum Gasteiger partial charge on any atom is -0.377 e. The summed E-state index contributed by atoms with van der Waals surface area (Å²) in [6, 6.07) is 6.75. The molecule has 1 saturated carbocycles. The van der Waals surface area contributed by atoms with E-state index in [2.05, 4.69) is 10.6 Å². The smallest absolute Gasteiger partial charge is 0.293 e. The van der Waals surface area contributed by atoms with Gasteiger partial charge in [-0.3, -0.25) is 14.9 Å². The second-order valence-corrected chi connectivity index (χ2v) is 6.27. The molecule has 1 unspecified atom stereocenters. The lowest BCUT2D eigenvalue weighted by atomic mass is 10.1. The lowest BCUT2D eigenvalue weighted by Gasteiger charge is -2.15. The van der Waals surface area contributed by atoms with Crippen molar-refractivity contribution >= 4 is 17.3 Å². The summed E-state index contributed by atoms with van der Waals surface area (Å²) in [4.78, 5) is 23.1. The fourth-order valence-electron chi connectivity index (χ4n) is 2.60. The summed E-state index contributed by atoms with van der Waals surface area (Å²) in [5.74, 6) is -2.06. The van der Waals surface area contributed by atoms with E-state index in [9.17, 15) is 23.7 Å². The van der Waals surface area contributed by atoms with Crippen LogP contribution in [0.5, 0.6) is 0 Å². The van der Waals surface area contributed by atoms with E-state index in [0.29, 0.717) is 5.69 Å². The number of nitro benzene ring substituents is 1. The van der Waals surface area contributed by atoms with E-state index in [0.717, 1.165) is 25.0 Å². The van der Waals surface area contributed by atoms with Crippen LogP contribution in [0.25, 0.3) is 0 Å². The van der Waals surface area contributed by atoms with Gasteiger partial charge < -0.3 is 10.6 Å². The molecule has 3 rings (SSSR count). The summed E-state index contributed by atoms with van der Waals surface area (Å²) >= 11 is 0. The molecule has 0 aromatic heterocycles. The van der Waals surface area contributed by atoms with Crippen LogP contribution in [0, 0.1) is 21.7 Å². The number of hydrogen-bond donors (Lipinski definition) is 2. The number of rotatable bonds is 6. The van der Waals surface area contributed by atoms with Crippen LogP contribution >= 0.6 is 0 Å². The summed E-state index contributed by atoms with van der Waals surface area (Å²) < 4.78 is 26.8. The molecule has 0 saturated heterocycles. The van der Waals surface area contributed by atoms with Crippen LogP contribution in [-0.4, -0.2) is 16.9 Å². The highest BCUT2D eigenvalue weighted by molar-refractivity contribution is 5.96. The van der Waals surface area contributed by atoms with Crippen molar-refractivity contribution in [2.75, 3.05) is 5.32 Å². The van der Waals surface area contributed by atoms with Crippen LogP contribution in [0.1, 0.15) is 41.7 Å². The summed E-state index contributed by atoms with van der Waals surface area (Å²) in [5, 5.41) is 16.9.